The SMILES string of the molecule is O=C(CN1C(=O)[C@@H]2CC=CC[C@H]2C1=O)Nc1ccccc1Oc1ccccc1Cl. The molecule has 2 aliphatic rings. The van der Waals surface area contributed by atoms with Gasteiger partial charge < -0.3 is 10.1 Å². The van der Waals surface area contributed by atoms with Gasteiger partial charge in [0.1, 0.15) is 12.3 Å². The van der Waals surface area contributed by atoms with Crippen LogP contribution in [0.3, 0.4) is 0 Å². The van der Waals surface area contributed by atoms with Gasteiger partial charge in [-0.1, -0.05) is 48.0 Å². The van der Waals surface area contributed by atoms with E-state index in [0.717, 1.165) is 4.90 Å². The Labute approximate surface area is 173 Å². The summed E-state index contributed by atoms with van der Waals surface area (Å²) in [5, 5.41) is 3.17. The van der Waals surface area contributed by atoms with E-state index in [1.807, 2.05) is 12.2 Å². The first-order valence-electron chi connectivity index (χ1n) is 9.36. The maximum atomic E-state index is 12.6. The number of benzene rings is 2. The van der Waals surface area contributed by atoms with E-state index in [0.29, 0.717) is 35.1 Å². The summed E-state index contributed by atoms with van der Waals surface area (Å²) in [4.78, 5) is 38.7. The summed E-state index contributed by atoms with van der Waals surface area (Å²) in [5.74, 6) is -0.857. The molecule has 0 saturated carbocycles. The number of fused-ring (bicyclic) bond motifs is 1. The Kier molecular flexibility index (Phi) is 5.36. The second kappa shape index (κ2) is 8.09. The van der Waals surface area contributed by atoms with Crippen molar-refractivity contribution in [2.75, 3.05) is 11.9 Å². The van der Waals surface area contributed by atoms with Crippen molar-refractivity contribution < 1.29 is 19.1 Å². The van der Waals surface area contributed by atoms with Gasteiger partial charge in [0.15, 0.2) is 5.75 Å². The molecule has 148 valence electrons. The zero-order valence-corrected chi connectivity index (χ0v) is 16.3. The van der Waals surface area contributed by atoms with Gasteiger partial charge in [0.25, 0.3) is 0 Å². The molecule has 3 amide bonds. The smallest absolute Gasteiger partial charge is 0.244 e. The van der Waals surface area contributed by atoms with E-state index in [-0.39, 0.29) is 30.2 Å². The fraction of sp³-hybridized carbons (Fsp3) is 0.227. The molecular formula is C22H19ClN2O4. The largest absolute Gasteiger partial charge is 0.454 e. The number of rotatable bonds is 5. The number of imide groups is 1. The third-order valence-electron chi connectivity index (χ3n) is 5.12. The maximum Gasteiger partial charge on any atom is 0.244 e. The highest BCUT2D eigenvalue weighted by Crippen LogP contribution is 2.36. The molecule has 1 saturated heterocycles. The number of hydrogen-bond donors (Lipinski definition) is 1. The molecule has 2 aromatic carbocycles. The summed E-state index contributed by atoms with van der Waals surface area (Å²) in [7, 11) is 0. The Balaban J connectivity index is 1.46. The topological polar surface area (TPSA) is 75.7 Å². The van der Waals surface area contributed by atoms with Gasteiger partial charge >= 0.3 is 0 Å². The Hall–Kier alpha value is -3.12. The van der Waals surface area contributed by atoms with Crippen LogP contribution in [0, 0.1) is 11.8 Å². The normalized spacial score (nSPS) is 20.5. The van der Waals surface area contributed by atoms with Crippen molar-refractivity contribution in [1.29, 1.82) is 0 Å². The number of allylic oxidation sites excluding steroid dienone is 2. The van der Waals surface area contributed by atoms with E-state index in [9.17, 15) is 14.4 Å². The minimum Gasteiger partial charge on any atom is -0.454 e. The molecule has 0 spiro atoms. The zero-order chi connectivity index (χ0) is 20.4. The molecule has 29 heavy (non-hydrogen) atoms. The van der Waals surface area contributed by atoms with Crippen molar-refractivity contribution in [3.63, 3.8) is 0 Å². The highest BCUT2D eigenvalue weighted by Gasteiger charge is 2.47. The number of hydrogen-bond acceptors (Lipinski definition) is 4. The molecule has 0 aromatic heterocycles. The minimum atomic E-state index is -0.464. The van der Waals surface area contributed by atoms with E-state index in [4.69, 9.17) is 16.3 Å². The molecular weight excluding hydrogens is 392 g/mol. The maximum absolute atomic E-state index is 12.6. The quantitative estimate of drug-likeness (QED) is 0.596. The minimum absolute atomic E-state index is 0.278. The van der Waals surface area contributed by atoms with Crippen LogP contribution in [0.15, 0.2) is 60.7 Å². The van der Waals surface area contributed by atoms with Gasteiger partial charge in [0, 0.05) is 0 Å². The number of ether oxygens (including phenoxy) is 1. The van der Waals surface area contributed by atoms with Crippen LogP contribution in [0.5, 0.6) is 11.5 Å². The standard InChI is InChI=1S/C22H19ClN2O4/c23-16-9-3-5-11-18(16)29-19-12-6-4-10-17(19)24-20(26)13-25-21(27)14-7-1-2-8-15(14)22(25)28/h1-6,9-12,14-15H,7-8,13H2,(H,24,26)/t14-,15-/m1/s1. The molecule has 4 rings (SSSR count). The molecule has 6 nitrogen and oxygen atoms in total. The van der Waals surface area contributed by atoms with E-state index in [1.165, 1.54) is 0 Å². The zero-order valence-electron chi connectivity index (χ0n) is 15.5. The van der Waals surface area contributed by atoms with Crippen molar-refractivity contribution in [2.24, 2.45) is 11.8 Å². The first-order valence-corrected chi connectivity index (χ1v) is 9.74. The molecule has 1 aliphatic carbocycles. The lowest BCUT2D eigenvalue weighted by Gasteiger charge is -2.16. The fourth-order valence-electron chi connectivity index (χ4n) is 3.66. The van der Waals surface area contributed by atoms with Gasteiger partial charge in [0.2, 0.25) is 17.7 Å². The monoisotopic (exact) mass is 410 g/mol. The van der Waals surface area contributed by atoms with Crippen molar-refractivity contribution in [1.82, 2.24) is 4.90 Å². The lowest BCUT2D eigenvalue weighted by atomic mass is 9.85. The lowest BCUT2D eigenvalue weighted by Crippen LogP contribution is -2.38. The van der Waals surface area contributed by atoms with Gasteiger partial charge in [-0.3, -0.25) is 19.3 Å². The first-order chi connectivity index (χ1) is 14.0. The Morgan fingerprint density at radius 3 is 2.21 bits per heavy atom. The van der Waals surface area contributed by atoms with Crippen molar-refractivity contribution >= 4 is 35.0 Å². The summed E-state index contributed by atoms with van der Waals surface area (Å²) in [5.41, 5.74) is 0.426. The number of likely N-dealkylation sites (tertiary alicyclic amines) is 1. The van der Waals surface area contributed by atoms with Gasteiger partial charge in [-0.15, -0.1) is 0 Å². The van der Waals surface area contributed by atoms with Crippen LogP contribution in [0.1, 0.15) is 12.8 Å². The molecule has 2 atom stereocenters. The van der Waals surface area contributed by atoms with Crippen LogP contribution in [-0.2, 0) is 14.4 Å². The average molecular weight is 411 g/mol. The van der Waals surface area contributed by atoms with Crippen LogP contribution in [0.4, 0.5) is 5.69 Å². The average Bonchev–Trinajstić information content (AvgIpc) is 2.96. The van der Waals surface area contributed by atoms with E-state index >= 15 is 0 Å². The molecule has 1 N–H and O–H groups in total. The second-order valence-corrected chi connectivity index (χ2v) is 7.40. The molecule has 1 aliphatic heterocycles. The number of anilines is 1. The molecule has 0 radical (unpaired) electrons. The van der Waals surface area contributed by atoms with Crippen LogP contribution < -0.4 is 10.1 Å². The molecule has 2 aromatic rings. The lowest BCUT2D eigenvalue weighted by molar-refractivity contribution is -0.142. The summed E-state index contributed by atoms with van der Waals surface area (Å²) >= 11 is 6.14. The number of carbonyl (C=O) groups excluding carboxylic acids is 3. The summed E-state index contributed by atoms with van der Waals surface area (Å²) < 4.78 is 5.83. The van der Waals surface area contributed by atoms with Crippen LogP contribution in [-0.4, -0.2) is 29.2 Å². The van der Waals surface area contributed by atoms with E-state index in [2.05, 4.69) is 5.32 Å². The third-order valence-corrected chi connectivity index (χ3v) is 5.43. The van der Waals surface area contributed by atoms with Gasteiger partial charge in [-0.05, 0) is 37.1 Å². The van der Waals surface area contributed by atoms with Crippen LogP contribution in [0.25, 0.3) is 0 Å². The molecule has 1 heterocycles. The number of para-hydroxylation sites is 3. The summed E-state index contributed by atoms with van der Waals surface area (Å²) in [6.07, 6.45) is 4.92. The fourth-order valence-corrected chi connectivity index (χ4v) is 3.84. The predicted octanol–water partition coefficient (Wildman–Crippen LogP) is 4.02. The van der Waals surface area contributed by atoms with Gasteiger partial charge in [0.05, 0.1) is 22.5 Å². The Morgan fingerprint density at radius 2 is 1.55 bits per heavy atom. The third kappa shape index (κ3) is 3.89. The van der Waals surface area contributed by atoms with Crippen LogP contribution in [0.2, 0.25) is 5.02 Å². The number of nitrogens with zero attached hydrogens (tertiary/aromatic N) is 1. The second-order valence-electron chi connectivity index (χ2n) is 7.00. The Morgan fingerprint density at radius 1 is 0.966 bits per heavy atom. The molecule has 7 heteroatoms. The number of halogens is 1. The van der Waals surface area contributed by atoms with Crippen molar-refractivity contribution in [3.8, 4) is 11.5 Å². The summed E-state index contributed by atoms with van der Waals surface area (Å²) in [6.45, 7) is -0.314. The highest BCUT2D eigenvalue weighted by atomic mass is 35.5. The highest BCUT2D eigenvalue weighted by molar-refractivity contribution is 6.32. The molecule has 0 unspecified atom stereocenters. The van der Waals surface area contributed by atoms with Crippen molar-refractivity contribution in [3.05, 3.63) is 65.7 Å². The van der Waals surface area contributed by atoms with Crippen molar-refractivity contribution in [2.45, 2.75) is 12.8 Å². The van der Waals surface area contributed by atoms with Crippen LogP contribution >= 0.6 is 11.6 Å². The number of amides is 3. The van der Waals surface area contributed by atoms with E-state index in [1.54, 1.807) is 48.5 Å². The van der Waals surface area contributed by atoms with E-state index < -0.39 is 5.91 Å². The van der Waals surface area contributed by atoms with Gasteiger partial charge in [-0.2, -0.15) is 0 Å². The molecule has 1 fully saturated rings. The summed E-state index contributed by atoms with van der Waals surface area (Å²) in [6, 6.07) is 13.9. The van der Waals surface area contributed by atoms with Gasteiger partial charge in [-0.25, -0.2) is 0 Å². The molecule has 0 bridgehead atoms. The Bertz CT molecular complexity index is 978. The number of carbonyl (C=O) groups is 3. The number of nitrogens with one attached hydrogen (secondary N) is 1. The first kappa shape index (κ1) is 19.2. The predicted molar refractivity (Wildman–Crippen MR) is 109 cm³/mol.